The van der Waals surface area contributed by atoms with Gasteiger partial charge in [0.2, 0.25) is 0 Å². The molecule has 2 aromatic carbocycles. The molecule has 7 rings (SSSR count). The summed E-state index contributed by atoms with van der Waals surface area (Å²) in [4.78, 5) is 40.4. The van der Waals surface area contributed by atoms with Gasteiger partial charge in [0.25, 0.3) is 0 Å². The summed E-state index contributed by atoms with van der Waals surface area (Å²) < 4.78 is 48.0. The van der Waals surface area contributed by atoms with E-state index in [9.17, 15) is 34.8 Å². The van der Waals surface area contributed by atoms with Crippen LogP contribution in [0.3, 0.4) is 0 Å². The second-order valence-electron chi connectivity index (χ2n) is 15.8. The van der Waals surface area contributed by atoms with Gasteiger partial charge in [0.1, 0.15) is 31.5 Å². The van der Waals surface area contributed by atoms with Crippen LogP contribution in [0.15, 0.2) is 60.7 Å². The SMILES string of the molecule is CC1C[C@@H]2OC(O[C@H]3OC(CO)[C@@H](C)[C@H](O)C3O)C3C(OC(=O)N3C)C2O[C@@H]1O[C@@H]1C(NC(=O)OCc2ccccc2)C[C@@H](NC(=O)OCc2ccccc2)C(O)[C@H]1Cl. The predicted molar refractivity (Wildman–Crippen MR) is 203 cm³/mol. The molecule has 1 saturated carbocycles. The van der Waals surface area contributed by atoms with Gasteiger partial charge in [-0.15, -0.1) is 11.6 Å². The minimum Gasteiger partial charge on any atom is -0.445 e. The maximum Gasteiger partial charge on any atom is 0.410 e. The summed E-state index contributed by atoms with van der Waals surface area (Å²) in [6.07, 6.45) is -14.2. The normalized spacial score (nSPS) is 39.3. The highest BCUT2D eigenvalue weighted by atomic mass is 35.5. The molecule has 6 N–H and O–H groups in total. The molecule has 5 aliphatic rings. The Morgan fingerprint density at radius 3 is 2.00 bits per heavy atom. The van der Waals surface area contributed by atoms with Crippen LogP contribution in [0.5, 0.6) is 0 Å². The molecule has 0 aromatic heterocycles. The molecule has 4 saturated heterocycles. The van der Waals surface area contributed by atoms with E-state index in [1.54, 1.807) is 31.2 Å². The number of carbonyl (C=O) groups excluding carboxylic acids is 3. The molecule has 5 fully saturated rings. The number of nitrogens with one attached hydrogen (secondary N) is 2. The first kappa shape index (κ1) is 43.3. The minimum absolute atomic E-state index is 0.00940. The van der Waals surface area contributed by atoms with Crippen LogP contribution in [-0.2, 0) is 51.1 Å². The van der Waals surface area contributed by atoms with Crippen LogP contribution in [0.1, 0.15) is 37.8 Å². The molecule has 19 heteroatoms. The van der Waals surface area contributed by atoms with Gasteiger partial charge in [-0.1, -0.05) is 74.5 Å². The molecule has 59 heavy (non-hydrogen) atoms. The molecular weight excluding hydrogens is 798 g/mol. The summed E-state index contributed by atoms with van der Waals surface area (Å²) in [7, 11) is 1.49. The van der Waals surface area contributed by atoms with E-state index in [1.165, 1.54) is 11.9 Å². The van der Waals surface area contributed by atoms with Gasteiger partial charge in [0.15, 0.2) is 25.0 Å². The summed E-state index contributed by atoms with van der Waals surface area (Å²) in [5.74, 6) is -0.990. The Labute approximate surface area is 345 Å². The second kappa shape index (κ2) is 18.8. The molecule has 18 nitrogen and oxygen atoms in total. The number of aliphatic hydroxyl groups excluding tert-OH is 4. The zero-order chi connectivity index (χ0) is 42.0. The third-order valence-electron chi connectivity index (χ3n) is 11.7. The van der Waals surface area contributed by atoms with Crippen molar-refractivity contribution in [2.75, 3.05) is 13.7 Å². The topological polar surface area (TPSA) is 233 Å². The van der Waals surface area contributed by atoms with E-state index in [2.05, 4.69) is 10.6 Å². The molecule has 2 aromatic rings. The molecule has 9 unspecified atom stereocenters. The zero-order valence-electron chi connectivity index (χ0n) is 32.7. The van der Waals surface area contributed by atoms with Crippen molar-refractivity contribution in [1.82, 2.24) is 15.5 Å². The van der Waals surface area contributed by atoms with Crippen molar-refractivity contribution in [3.63, 3.8) is 0 Å². The van der Waals surface area contributed by atoms with Crippen LogP contribution in [0, 0.1) is 11.8 Å². The number of carbonyl (C=O) groups is 3. The molecule has 4 aliphatic heterocycles. The molecule has 0 bridgehead atoms. The number of halogens is 1. The number of hydrogen-bond donors (Lipinski definition) is 6. The largest absolute Gasteiger partial charge is 0.445 e. The number of amides is 3. The molecule has 0 spiro atoms. The number of likely N-dealkylation sites (N-methyl/N-ethyl adjacent to an activating group) is 1. The Balaban J connectivity index is 1.05. The molecule has 0 radical (unpaired) electrons. The molecule has 3 amide bonds. The standard InChI is InChI=1S/C40H52ClN3O15/c1-19-14-25-33(34-28(44(3)40(51)58-34)36(54-25)59-37-31(48)29(46)20(2)26(16-45)55-37)57-35(19)56-32-24(43-39(50)53-18-22-12-8-5-9-13-22)15-23(30(47)27(32)41)42-38(49)52-17-21-10-6-4-7-11-21/h4-13,19-20,23-37,45-48H,14-18H2,1-3H3,(H,42,49)(H,43,50)/t19?,20-,23-,24?,25+,26?,27-,28?,29+,30?,31?,32-,33?,34?,35+,36?,37-/m1/s1. The van der Waals surface area contributed by atoms with E-state index in [-0.39, 0.29) is 19.6 Å². The van der Waals surface area contributed by atoms with E-state index in [0.29, 0.717) is 6.42 Å². The summed E-state index contributed by atoms with van der Waals surface area (Å²) in [6.45, 7) is 3.01. The van der Waals surface area contributed by atoms with E-state index in [1.807, 2.05) is 43.3 Å². The molecular formula is C40H52ClN3O15. The first-order chi connectivity index (χ1) is 28.3. The van der Waals surface area contributed by atoms with E-state index in [4.69, 9.17) is 49.5 Å². The van der Waals surface area contributed by atoms with E-state index in [0.717, 1.165) is 11.1 Å². The third kappa shape index (κ3) is 9.57. The highest BCUT2D eigenvalue weighted by Crippen LogP contribution is 2.43. The number of aliphatic hydroxyl groups is 4. The number of rotatable bonds is 11. The maximum absolute atomic E-state index is 13.2. The Hall–Kier alpha value is -3.82. The lowest BCUT2D eigenvalue weighted by atomic mass is 9.85. The Morgan fingerprint density at radius 2 is 1.39 bits per heavy atom. The summed E-state index contributed by atoms with van der Waals surface area (Å²) >= 11 is 6.93. The lowest BCUT2D eigenvalue weighted by Gasteiger charge is -2.51. The van der Waals surface area contributed by atoms with Gasteiger partial charge in [-0.25, -0.2) is 14.4 Å². The Kier molecular flexibility index (Phi) is 13.8. The molecule has 17 atom stereocenters. The Morgan fingerprint density at radius 1 is 0.780 bits per heavy atom. The average molecular weight is 850 g/mol. The van der Waals surface area contributed by atoms with Crippen molar-refractivity contribution >= 4 is 29.9 Å². The highest BCUT2D eigenvalue weighted by molar-refractivity contribution is 6.21. The fraction of sp³-hybridized carbons (Fsp3) is 0.625. The van der Waals surface area contributed by atoms with Crippen LogP contribution in [0.4, 0.5) is 14.4 Å². The maximum atomic E-state index is 13.2. The van der Waals surface area contributed by atoms with Crippen LogP contribution >= 0.6 is 11.6 Å². The average Bonchev–Trinajstić information content (AvgIpc) is 3.54. The van der Waals surface area contributed by atoms with Gasteiger partial charge in [0.05, 0.1) is 54.6 Å². The quantitative estimate of drug-likeness (QED) is 0.140. The number of alkyl carbamates (subject to hydrolysis) is 2. The van der Waals surface area contributed by atoms with Crippen LogP contribution in [0.2, 0.25) is 0 Å². The van der Waals surface area contributed by atoms with Gasteiger partial charge in [-0.3, -0.25) is 4.90 Å². The van der Waals surface area contributed by atoms with Gasteiger partial charge in [0, 0.05) is 18.9 Å². The summed E-state index contributed by atoms with van der Waals surface area (Å²) in [5.41, 5.74) is 1.52. The van der Waals surface area contributed by atoms with Gasteiger partial charge in [-0.2, -0.15) is 0 Å². The lowest BCUT2D eigenvalue weighted by Crippen LogP contribution is -2.67. The summed E-state index contributed by atoms with van der Waals surface area (Å²) in [6, 6.07) is 15.4. The van der Waals surface area contributed by atoms with Crippen LogP contribution in [0.25, 0.3) is 0 Å². The van der Waals surface area contributed by atoms with Crippen molar-refractivity contribution in [2.45, 2.75) is 131 Å². The van der Waals surface area contributed by atoms with Crippen molar-refractivity contribution in [2.24, 2.45) is 11.8 Å². The van der Waals surface area contributed by atoms with Gasteiger partial charge < -0.3 is 69.0 Å². The van der Waals surface area contributed by atoms with Gasteiger partial charge >= 0.3 is 18.3 Å². The lowest BCUT2D eigenvalue weighted by molar-refractivity contribution is -0.376. The predicted octanol–water partition coefficient (Wildman–Crippen LogP) is 1.72. The third-order valence-corrected chi connectivity index (χ3v) is 12.2. The van der Waals surface area contributed by atoms with Crippen molar-refractivity contribution in [3.8, 4) is 0 Å². The minimum atomic E-state index is -1.48. The van der Waals surface area contributed by atoms with Crippen molar-refractivity contribution in [3.05, 3.63) is 71.8 Å². The fourth-order valence-electron chi connectivity index (χ4n) is 8.30. The number of ether oxygens (including phenoxy) is 8. The first-order valence-corrected chi connectivity index (χ1v) is 20.2. The van der Waals surface area contributed by atoms with Crippen LogP contribution < -0.4 is 10.6 Å². The monoisotopic (exact) mass is 849 g/mol. The smallest absolute Gasteiger partial charge is 0.410 e. The number of fused-ring (bicyclic) bond motifs is 3. The van der Waals surface area contributed by atoms with Gasteiger partial charge in [-0.05, 0) is 24.0 Å². The van der Waals surface area contributed by atoms with Crippen LogP contribution in [-0.4, -0.2) is 148 Å². The van der Waals surface area contributed by atoms with E-state index >= 15 is 0 Å². The molecule has 324 valence electrons. The zero-order valence-corrected chi connectivity index (χ0v) is 33.5. The highest BCUT2D eigenvalue weighted by Gasteiger charge is 2.60. The van der Waals surface area contributed by atoms with E-state index < -0.39 is 128 Å². The fourth-order valence-corrected chi connectivity index (χ4v) is 8.71. The van der Waals surface area contributed by atoms with Crippen molar-refractivity contribution in [1.29, 1.82) is 0 Å². The Bertz CT molecular complexity index is 1730. The number of alkyl halides is 1. The second-order valence-corrected chi connectivity index (χ2v) is 16.3. The summed E-state index contributed by atoms with van der Waals surface area (Å²) in [5, 5.41) is 47.0. The van der Waals surface area contributed by atoms with Crippen molar-refractivity contribution < 1.29 is 72.7 Å². The molecule has 1 aliphatic carbocycles. The number of benzene rings is 2. The molecule has 4 heterocycles. The first-order valence-electron chi connectivity index (χ1n) is 19.8. The number of hydrogen-bond acceptors (Lipinski definition) is 15. The number of nitrogens with zero attached hydrogens (tertiary/aromatic N) is 1.